The van der Waals surface area contributed by atoms with Gasteiger partial charge in [-0.3, -0.25) is 0 Å². The lowest BCUT2D eigenvalue weighted by Crippen LogP contribution is -2.42. The highest BCUT2D eigenvalue weighted by atomic mass is 32.2. The molecule has 1 atom stereocenters. The van der Waals surface area contributed by atoms with Crippen LogP contribution >= 0.6 is 0 Å². The maximum atomic E-state index is 12.0. The molecule has 0 amide bonds. The van der Waals surface area contributed by atoms with Crippen molar-refractivity contribution in [2.24, 2.45) is 0 Å². The van der Waals surface area contributed by atoms with E-state index >= 15 is 0 Å². The van der Waals surface area contributed by atoms with Gasteiger partial charge in [0.25, 0.3) is 0 Å². The standard InChI is InChI=1S/C10H22N2O4S2/c1-3-12(9-10-5-4-6-11-10)18(15,16)8-7-17(2,13)14/h10-11H,3-9H2,1-2H3. The fraction of sp³-hybridized carbons (Fsp3) is 1.00. The molecular weight excluding hydrogens is 276 g/mol. The summed E-state index contributed by atoms with van der Waals surface area (Å²) in [5, 5.41) is 3.24. The Kier molecular flexibility index (Phi) is 5.57. The lowest BCUT2D eigenvalue weighted by molar-refractivity contribution is 0.383. The summed E-state index contributed by atoms with van der Waals surface area (Å²) in [6.07, 6.45) is 3.08. The summed E-state index contributed by atoms with van der Waals surface area (Å²) in [6, 6.07) is 0.193. The molecule has 0 aromatic heterocycles. The second kappa shape index (κ2) is 6.31. The molecule has 1 saturated heterocycles. The molecule has 1 heterocycles. The Morgan fingerprint density at radius 3 is 2.33 bits per heavy atom. The van der Waals surface area contributed by atoms with Gasteiger partial charge in [-0.15, -0.1) is 0 Å². The van der Waals surface area contributed by atoms with Crippen molar-refractivity contribution < 1.29 is 16.8 Å². The smallest absolute Gasteiger partial charge is 0.215 e. The van der Waals surface area contributed by atoms with E-state index in [0.29, 0.717) is 13.1 Å². The van der Waals surface area contributed by atoms with Crippen LogP contribution < -0.4 is 5.32 Å². The van der Waals surface area contributed by atoms with E-state index in [0.717, 1.165) is 25.6 Å². The number of sulfonamides is 1. The number of hydrogen-bond acceptors (Lipinski definition) is 5. The molecule has 6 nitrogen and oxygen atoms in total. The highest BCUT2D eigenvalue weighted by Gasteiger charge is 2.26. The molecule has 0 radical (unpaired) electrons. The lowest BCUT2D eigenvalue weighted by Gasteiger charge is -2.23. The van der Waals surface area contributed by atoms with Crippen molar-refractivity contribution in [3.8, 4) is 0 Å². The molecular formula is C10H22N2O4S2. The van der Waals surface area contributed by atoms with E-state index < -0.39 is 19.9 Å². The van der Waals surface area contributed by atoms with Crippen LogP contribution in [0.4, 0.5) is 0 Å². The molecule has 1 rings (SSSR count). The molecule has 1 unspecified atom stereocenters. The van der Waals surface area contributed by atoms with Crippen LogP contribution in [0.5, 0.6) is 0 Å². The Bertz CT molecular complexity index is 452. The van der Waals surface area contributed by atoms with Crippen molar-refractivity contribution in [2.75, 3.05) is 37.4 Å². The normalized spacial score (nSPS) is 21.6. The Morgan fingerprint density at radius 2 is 1.89 bits per heavy atom. The number of nitrogens with one attached hydrogen (secondary N) is 1. The quantitative estimate of drug-likeness (QED) is 0.681. The molecule has 0 aromatic carbocycles. The first-order valence-electron chi connectivity index (χ1n) is 6.13. The molecule has 0 aromatic rings. The SMILES string of the molecule is CCN(CC1CCCN1)S(=O)(=O)CCS(C)(=O)=O. The van der Waals surface area contributed by atoms with Gasteiger partial charge in [-0.25, -0.2) is 21.1 Å². The summed E-state index contributed by atoms with van der Waals surface area (Å²) in [4.78, 5) is 0. The van der Waals surface area contributed by atoms with Crippen LogP contribution in [0.25, 0.3) is 0 Å². The second-order valence-electron chi connectivity index (χ2n) is 4.69. The van der Waals surface area contributed by atoms with Gasteiger partial charge < -0.3 is 5.32 Å². The molecule has 108 valence electrons. The van der Waals surface area contributed by atoms with E-state index in [1.165, 1.54) is 4.31 Å². The number of sulfone groups is 1. The third-order valence-corrected chi connectivity index (χ3v) is 6.16. The highest BCUT2D eigenvalue weighted by molar-refractivity contribution is 7.93. The molecule has 18 heavy (non-hydrogen) atoms. The van der Waals surface area contributed by atoms with Crippen LogP contribution in [0.15, 0.2) is 0 Å². The summed E-state index contributed by atoms with van der Waals surface area (Å²) in [7, 11) is -6.73. The largest absolute Gasteiger partial charge is 0.313 e. The van der Waals surface area contributed by atoms with Gasteiger partial charge in [0.1, 0.15) is 9.84 Å². The first kappa shape index (κ1) is 15.9. The number of rotatable bonds is 7. The molecule has 1 N–H and O–H groups in total. The Balaban J connectivity index is 2.61. The number of likely N-dealkylation sites (N-methyl/N-ethyl adjacent to an activating group) is 1. The topological polar surface area (TPSA) is 83.6 Å². The summed E-state index contributed by atoms with van der Waals surface area (Å²) in [5.74, 6) is -0.643. The minimum atomic E-state index is -3.48. The molecule has 0 spiro atoms. The summed E-state index contributed by atoms with van der Waals surface area (Å²) < 4.78 is 47.5. The van der Waals surface area contributed by atoms with Gasteiger partial charge in [-0.1, -0.05) is 6.92 Å². The summed E-state index contributed by atoms with van der Waals surface area (Å²) >= 11 is 0. The summed E-state index contributed by atoms with van der Waals surface area (Å²) in [6.45, 7) is 3.51. The Morgan fingerprint density at radius 1 is 1.22 bits per heavy atom. The highest BCUT2D eigenvalue weighted by Crippen LogP contribution is 2.10. The van der Waals surface area contributed by atoms with E-state index in [1.807, 2.05) is 0 Å². The van der Waals surface area contributed by atoms with Gasteiger partial charge in [0.15, 0.2) is 0 Å². The van der Waals surface area contributed by atoms with Crippen molar-refractivity contribution in [1.82, 2.24) is 9.62 Å². The van der Waals surface area contributed by atoms with Crippen LogP contribution in [0, 0.1) is 0 Å². The zero-order valence-electron chi connectivity index (χ0n) is 10.9. The average Bonchev–Trinajstić information content (AvgIpc) is 2.75. The van der Waals surface area contributed by atoms with E-state index in [2.05, 4.69) is 5.32 Å². The van der Waals surface area contributed by atoms with Crippen molar-refractivity contribution in [2.45, 2.75) is 25.8 Å². The van der Waals surface area contributed by atoms with Crippen molar-refractivity contribution in [3.05, 3.63) is 0 Å². The lowest BCUT2D eigenvalue weighted by atomic mass is 10.2. The van der Waals surface area contributed by atoms with Crippen LogP contribution in [-0.2, 0) is 19.9 Å². The van der Waals surface area contributed by atoms with Crippen LogP contribution in [0.1, 0.15) is 19.8 Å². The molecule has 0 aliphatic carbocycles. The van der Waals surface area contributed by atoms with E-state index in [1.54, 1.807) is 6.92 Å². The minimum absolute atomic E-state index is 0.193. The molecule has 0 bridgehead atoms. The van der Waals surface area contributed by atoms with Crippen LogP contribution in [0.3, 0.4) is 0 Å². The van der Waals surface area contributed by atoms with Crippen molar-refractivity contribution in [3.63, 3.8) is 0 Å². The molecule has 1 fully saturated rings. The van der Waals surface area contributed by atoms with E-state index in [-0.39, 0.29) is 17.5 Å². The van der Waals surface area contributed by atoms with Gasteiger partial charge >= 0.3 is 0 Å². The van der Waals surface area contributed by atoms with Crippen molar-refractivity contribution >= 4 is 19.9 Å². The molecule has 8 heteroatoms. The van der Waals surface area contributed by atoms with Crippen LogP contribution in [0.2, 0.25) is 0 Å². The van der Waals surface area contributed by atoms with Gasteiger partial charge in [0.05, 0.1) is 11.5 Å². The Labute approximate surface area is 110 Å². The summed E-state index contributed by atoms with van der Waals surface area (Å²) in [5.41, 5.74) is 0. The monoisotopic (exact) mass is 298 g/mol. The number of nitrogens with zero attached hydrogens (tertiary/aromatic N) is 1. The average molecular weight is 298 g/mol. The second-order valence-corrected chi connectivity index (χ2v) is 9.04. The third kappa shape index (κ3) is 5.21. The maximum Gasteiger partial charge on any atom is 0.215 e. The van der Waals surface area contributed by atoms with Crippen molar-refractivity contribution in [1.29, 1.82) is 0 Å². The first-order chi connectivity index (χ1) is 8.24. The molecule has 1 aliphatic heterocycles. The fourth-order valence-corrected chi connectivity index (χ4v) is 5.10. The van der Waals surface area contributed by atoms with Gasteiger partial charge in [-0.2, -0.15) is 0 Å². The zero-order valence-corrected chi connectivity index (χ0v) is 12.6. The van der Waals surface area contributed by atoms with Gasteiger partial charge in [0.2, 0.25) is 10.0 Å². The van der Waals surface area contributed by atoms with E-state index in [4.69, 9.17) is 0 Å². The minimum Gasteiger partial charge on any atom is -0.313 e. The number of hydrogen-bond donors (Lipinski definition) is 1. The van der Waals surface area contributed by atoms with E-state index in [9.17, 15) is 16.8 Å². The van der Waals surface area contributed by atoms with Crippen LogP contribution in [-0.4, -0.2) is 64.6 Å². The van der Waals surface area contributed by atoms with Gasteiger partial charge in [0, 0.05) is 25.4 Å². The third-order valence-electron chi connectivity index (χ3n) is 3.04. The Hall–Kier alpha value is -0.180. The van der Waals surface area contributed by atoms with Gasteiger partial charge in [-0.05, 0) is 19.4 Å². The fourth-order valence-electron chi connectivity index (χ4n) is 1.98. The molecule has 0 saturated carbocycles. The predicted molar refractivity (Wildman–Crippen MR) is 71.8 cm³/mol. The first-order valence-corrected chi connectivity index (χ1v) is 9.80. The molecule has 1 aliphatic rings. The predicted octanol–water partition coefficient (Wildman–Crippen LogP) is -0.565. The maximum absolute atomic E-state index is 12.0. The zero-order chi connectivity index (χ0) is 13.8.